The summed E-state index contributed by atoms with van der Waals surface area (Å²) in [5, 5.41) is 17.5. The number of hydrogen-bond donors (Lipinski definition) is 4. The van der Waals surface area contributed by atoms with E-state index in [9.17, 15) is 16.8 Å². The van der Waals surface area contributed by atoms with Crippen molar-refractivity contribution in [2.24, 2.45) is 0 Å². The molecular formula is C16H39CaClN4O8S2. The molecule has 0 aromatic carbocycles. The molecule has 192 valence electrons. The second-order valence-corrected chi connectivity index (χ2v) is 10.5. The van der Waals surface area contributed by atoms with Crippen molar-refractivity contribution in [3.63, 3.8) is 0 Å². The standard InChI is InChI=1S/2C8H18N2O4S.Ca.ClH.2H/c2*11-7-5-9-1-3-10(4-2-9)6-8-15(12,13)14;;;;/h2*11H,1-8H2,(H,12,13,14);;1H;;. The molecule has 0 aromatic rings. The first-order chi connectivity index (χ1) is 14.0. The number of aliphatic hydroxyl groups is 2. The first-order valence-electron chi connectivity index (χ1n) is 10.0. The van der Waals surface area contributed by atoms with E-state index in [0.29, 0.717) is 26.2 Å². The van der Waals surface area contributed by atoms with E-state index in [1.165, 1.54) is 0 Å². The van der Waals surface area contributed by atoms with Gasteiger partial charge in [0, 0.05) is 78.5 Å². The predicted octanol–water partition coefficient (Wildman–Crippen LogP) is -3.53. The Balaban J connectivity index is 0. The van der Waals surface area contributed by atoms with Gasteiger partial charge in [-0.05, 0) is 0 Å². The Morgan fingerprint density at radius 3 is 0.938 bits per heavy atom. The molecule has 0 aliphatic carbocycles. The first-order valence-corrected chi connectivity index (χ1v) is 13.3. The normalized spacial score (nSPS) is 19.4. The number of rotatable bonds is 10. The van der Waals surface area contributed by atoms with Gasteiger partial charge in [-0.25, -0.2) is 0 Å². The number of β-amino-alcohol motifs (C(OH)–C–C–N with tert-alkyl or cyclic N) is 2. The molecule has 2 heterocycles. The third kappa shape index (κ3) is 18.5. The molecule has 16 heteroatoms. The zero-order valence-corrected chi connectivity index (χ0v) is 20.2. The summed E-state index contributed by atoms with van der Waals surface area (Å²) >= 11 is 0. The van der Waals surface area contributed by atoms with Crippen molar-refractivity contribution in [2.75, 3.05) is 103 Å². The summed E-state index contributed by atoms with van der Waals surface area (Å²) in [6, 6.07) is 0. The molecule has 0 spiro atoms. The number of aliphatic hydroxyl groups excluding tert-OH is 2. The van der Waals surface area contributed by atoms with Gasteiger partial charge in [0.1, 0.15) is 0 Å². The number of hydrogen-bond acceptors (Lipinski definition) is 10. The van der Waals surface area contributed by atoms with E-state index in [2.05, 4.69) is 9.80 Å². The second kappa shape index (κ2) is 18.4. The fourth-order valence-corrected chi connectivity index (χ4v) is 4.22. The minimum absolute atomic E-state index is 0. The van der Waals surface area contributed by atoms with Crippen molar-refractivity contribution in [1.29, 1.82) is 0 Å². The zero-order chi connectivity index (χ0) is 22.6. The molecule has 4 N–H and O–H groups in total. The molecule has 0 aromatic heterocycles. The molecule has 2 aliphatic rings. The summed E-state index contributed by atoms with van der Waals surface area (Å²) in [5.41, 5.74) is 0. The van der Waals surface area contributed by atoms with E-state index in [0.717, 1.165) is 52.4 Å². The van der Waals surface area contributed by atoms with Gasteiger partial charge in [0.15, 0.2) is 0 Å². The molecule has 2 saturated heterocycles. The fourth-order valence-electron chi connectivity index (χ4n) is 3.24. The monoisotopic (exact) mass is 554 g/mol. The van der Waals surface area contributed by atoms with Crippen LogP contribution in [0, 0.1) is 0 Å². The molecule has 0 atom stereocenters. The SMILES string of the molecule is Cl.O=S(=O)(O)CCN1CCN(CCO)CC1.O=S(=O)(O)CCN1CCN(CCO)CC1.[CaH2]. The van der Waals surface area contributed by atoms with Crippen molar-refractivity contribution in [3.8, 4) is 0 Å². The van der Waals surface area contributed by atoms with Gasteiger partial charge >= 0.3 is 37.7 Å². The van der Waals surface area contributed by atoms with Crippen molar-refractivity contribution in [3.05, 3.63) is 0 Å². The summed E-state index contributed by atoms with van der Waals surface area (Å²) in [4.78, 5) is 8.26. The van der Waals surface area contributed by atoms with Crippen LogP contribution in [0.1, 0.15) is 0 Å². The van der Waals surface area contributed by atoms with Gasteiger partial charge in [-0.15, -0.1) is 12.4 Å². The predicted molar refractivity (Wildman–Crippen MR) is 129 cm³/mol. The second-order valence-electron chi connectivity index (χ2n) is 7.39. The fraction of sp³-hybridized carbons (Fsp3) is 1.00. The molecule has 0 amide bonds. The van der Waals surface area contributed by atoms with E-state index >= 15 is 0 Å². The van der Waals surface area contributed by atoms with Crippen molar-refractivity contribution in [1.82, 2.24) is 19.6 Å². The van der Waals surface area contributed by atoms with E-state index in [1.54, 1.807) is 0 Å². The van der Waals surface area contributed by atoms with Crippen molar-refractivity contribution in [2.45, 2.75) is 0 Å². The Hall–Kier alpha value is 1.13. The first kappa shape index (κ1) is 35.3. The van der Waals surface area contributed by atoms with E-state index in [1.807, 2.05) is 9.80 Å². The molecule has 0 saturated carbocycles. The van der Waals surface area contributed by atoms with Crippen LogP contribution in [-0.4, -0.2) is 197 Å². The Labute approximate surface area is 227 Å². The minimum atomic E-state index is -3.84. The molecule has 2 aliphatic heterocycles. The van der Waals surface area contributed by atoms with E-state index in [-0.39, 0.29) is 74.9 Å². The summed E-state index contributed by atoms with van der Waals surface area (Å²) in [6.45, 7) is 8.93. The third-order valence-electron chi connectivity index (χ3n) is 5.09. The van der Waals surface area contributed by atoms with Gasteiger partial charge in [-0.1, -0.05) is 0 Å². The number of nitrogens with zero attached hydrogens (tertiary/aromatic N) is 4. The zero-order valence-electron chi connectivity index (χ0n) is 17.7. The van der Waals surface area contributed by atoms with Gasteiger partial charge in [0.25, 0.3) is 20.2 Å². The molecule has 0 bridgehead atoms. The van der Waals surface area contributed by atoms with Crippen molar-refractivity contribution >= 4 is 70.4 Å². The van der Waals surface area contributed by atoms with Crippen LogP contribution in [0.2, 0.25) is 0 Å². The number of piperazine rings is 2. The Morgan fingerprint density at radius 1 is 0.531 bits per heavy atom. The molecule has 2 fully saturated rings. The maximum atomic E-state index is 10.5. The van der Waals surface area contributed by atoms with Gasteiger partial charge in [-0.2, -0.15) is 16.8 Å². The van der Waals surface area contributed by atoms with E-state index < -0.39 is 20.2 Å². The van der Waals surface area contributed by atoms with Crippen LogP contribution in [0.25, 0.3) is 0 Å². The molecule has 0 radical (unpaired) electrons. The van der Waals surface area contributed by atoms with Gasteiger partial charge < -0.3 is 10.2 Å². The summed E-state index contributed by atoms with van der Waals surface area (Å²) in [5.74, 6) is -0.403. The van der Waals surface area contributed by atoms with Crippen LogP contribution in [0.15, 0.2) is 0 Å². The average Bonchev–Trinajstić information content (AvgIpc) is 2.67. The molecule has 32 heavy (non-hydrogen) atoms. The Morgan fingerprint density at radius 2 is 0.750 bits per heavy atom. The molecule has 12 nitrogen and oxygen atoms in total. The average molecular weight is 555 g/mol. The summed E-state index contributed by atoms with van der Waals surface area (Å²) in [6.07, 6.45) is 0. The quantitative estimate of drug-likeness (QED) is 0.156. The maximum absolute atomic E-state index is 10.5. The van der Waals surface area contributed by atoms with Crippen LogP contribution in [0.4, 0.5) is 0 Å². The molecular weight excluding hydrogens is 516 g/mol. The van der Waals surface area contributed by atoms with Crippen LogP contribution in [-0.2, 0) is 20.2 Å². The molecule has 2 rings (SSSR count). The summed E-state index contributed by atoms with van der Waals surface area (Å²) < 4.78 is 59.3. The van der Waals surface area contributed by atoms with Crippen LogP contribution < -0.4 is 0 Å². The van der Waals surface area contributed by atoms with Crippen LogP contribution in [0.5, 0.6) is 0 Å². The topological polar surface area (TPSA) is 162 Å². The summed E-state index contributed by atoms with van der Waals surface area (Å²) in [7, 11) is -7.69. The van der Waals surface area contributed by atoms with Gasteiger partial charge in [-0.3, -0.25) is 28.7 Å². The van der Waals surface area contributed by atoms with Gasteiger partial charge in [0.05, 0.1) is 24.7 Å². The Bertz CT molecular complexity index is 616. The number of halogens is 1. The van der Waals surface area contributed by atoms with Crippen molar-refractivity contribution < 1.29 is 36.2 Å². The Kier molecular flexibility index (Phi) is 20.3. The van der Waals surface area contributed by atoms with Crippen LogP contribution >= 0.6 is 12.4 Å². The van der Waals surface area contributed by atoms with Gasteiger partial charge in [0.2, 0.25) is 0 Å². The molecule has 0 unspecified atom stereocenters. The van der Waals surface area contributed by atoms with E-state index in [4.69, 9.17) is 19.3 Å². The van der Waals surface area contributed by atoms with Crippen LogP contribution in [0.3, 0.4) is 0 Å². The third-order valence-corrected chi connectivity index (χ3v) is 6.49.